The van der Waals surface area contributed by atoms with Gasteiger partial charge in [0.15, 0.2) is 0 Å². The molecule has 1 fully saturated rings. The van der Waals surface area contributed by atoms with Crippen molar-refractivity contribution in [1.82, 2.24) is 4.90 Å². The van der Waals surface area contributed by atoms with Crippen LogP contribution >= 0.6 is 12.4 Å². The highest BCUT2D eigenvalue weighted by atomic mass is 35.5. The van der Waals surface area contributed by atoms with Crippen LogP contribution in [0, 0.1) is 5.92 Å². The monoisotopic (exact) mass is 282 g/mol. The van der Waals surface area contributed by atoms with E-state index >= 15 is 0 Å². The second-order valence-electron chi connectivity index (χ2n) is 5.48. The Balaban J connectivity index is 0.00000180. The average Bonchev–Trinajstić information content (AvgIpc) is 2.90. The van der Waals surface area contributed by atoms with Crippen LogP contribution < -0.4 is 5.73 Å². The van der Waals surface area contributed by atoms with E-state index in [2.05, 4.69) is 35.2 Å². The molecule has 0 aromatic heterocycles. The first-order valence-corrected chi connectivity index (χ1v) is 7.35. The highest BCUT2D eigenvalue weighted by Gasteiger charge is 2.17. The third-order valence-electron chi connectivity index (χ3n) is 4.00. The van der Waals surface area contributed by atoms with Crippen LogP contribution in [0.3, 0.4) is 0 Å². The Morgan fingerprint density at radius 2 is 1.74 bits per heavy atom. The molecule has 2 nitrogen and oxygen atoms in total. The van der Waals surface area contributed by atoms with Crippen molar-refractivity contribution in [3.8, 4) is 0 Å². The molecule has 0 atom stereocenters. The molecule has 0 aliphatic heterocycles. The maximum absolute atomic E-state index is 5.73. The lowest BCUT2D eigenvalue weighted by Gasteiger charge is -2.25. The molecule has 1 aromatic carbocycles. The summed E-state index contributed by atoms with van der Waals surface area (Å²) >= 11 is 0. The highest BCUT2D eigenvalue weighted by molar-refractivity contribution is 5.85. The number of benzene rings is 1. The predicted molar refractivity (Wildman–Crippen MR) is 84.8 cm³/mol. The first-order valence-electron chi connectivity index (χ1n) is 7.35. The summed E-state index contributed by atoms with van der Waals surface area (Å²) in [7, 11) is 0. The Bertz CT molecular complexity index is 323. The number of nitrogens with two attached hydrogens (primary N) is 1. The fourth-order valence-electron chi connectivity index (χ4n) is 2.97. The zero-order valence-corrected chi connectivity index (χ0v) is 12.6. The Kier molecular flexibility index (Phi) is 8.11. The van der Waals surface area contributed by atoms with Gasteiger partial charge in [-0.15, -0.1) is 12.4 Å². The van der Waals surface area contributed by atoms with Crippen molar-refractivity contribution in [1.29, 1.82) is 0 Å². The summed E-state index contributed by atoms with van der Waals surface area (Å²) in [6, 6.07) is 10.8. The molecule has 2 rings (SSSR count). The minimum atomic E-state index is 0. The predicted octanol–water partition coefficient (Wildman–Crippen LogP) is 3.10. The maximum atomic E-state index is 5.73. The van der Waals surface area contributed by atoms with E-state index in [0.29, 0.717) is 0 Å². The molecule has 108 valence electrons. The van der Waals surface area contributed by atoms with Gasteiger partial charge in [0, 0.05) is 26.2 Å². The van der Waals surface area contributed by atoms with Gasteiger partial charge in [-0.05, 0) is 30.7 Å². The number of nitrogens with zero attached hydrogens (tertiary/aromatic N) is 1. The molecule has 2 N–H and O–H groups in total. The second-order valence-corrected chi connectivity index (χ2v) is 5.48. The molecule has 0 spiro atoms. The molecular formula is C16H27ClN2. The largest absolute Gasteiger partial charge is 0.329 e. The lowest BCUT2D eigenvalue weighted by molar-refractivity contribution is 0.240. The van der Waals surface area contributed by atoms with Crippen molar-refractivity contribution < 1.29 is 0 Å². The average molecular weight is 283 g/mol. The van der Waals surface area contributed by atoms with E-state index in [1.54, 1.807) is 0 Å². The van der Waals surface area contributed by atoms with Gasteiger partial charge in [-0.25, -0.2) is 0 Å². The number of halogens is 1. The molecule has 1 saturated carbocycles. The van der Waals surface area contributed by atoms with Gasteiger partial charge >= 0.3 is 0 Å². The van der Waals surface area contributed by atoms with Crippen LogP contribution in [-0.4, -0.2) is 31.1 Å². The molecule has 0 radical (unpaired) electrons. The van der Waals surface area contributed by atoms with E-state index in [4.69, 9.17) is 5.73 Å². The van der Waals surface area contributed by atoms with Gasteiger partial charge in [-0.2, -0.15) is 0 Å². The van der Waals surface area contributed by atoms with Crippen molar-refractivity contribution in [2.45, 2.75) is 32.1 Å². The van der Waals surface area contributed by atoms with E-state index in [9.17, 15) is 0 Å². The van der Waals surface area contributed by atoms with Crippen LogP contribution in [0.25, 0.3) is 0 Å². The van der Waals surface area contributed by atoms with Crippen molar-refractivity contribution in [3.05, 3.63) is 35.9 Å². The van der Waals surface area contributed by atoms with E-state index in [1.165, 1.54) is 37.8 Å². The van der Waals surface area contributed by atoms with Gasteiger partial charge in [0.25, 0.3) is 0 Å². The topological polar surface area (TPSA) is 29.3 Å². The second kappa shape index (κ2) is 9.35. The molecule has 1 aliphatic carbocycles. The Hall–Kier alpha value is -0.570. The maximum Gasteiger partial charge on any atom is 0.0105 e. The fraction of sp³-hybridized carbons (Fsp3) is 0.625. The van der Waals surface area contributed by atoms with Gasteiger partial charge in [0.1, 0.15) is 0 Å². The molecule has 1 aromatic rings. The first kappa shape index (κ1) is 16.5. The summed E-state index contributed by atoms with van der Waals surface area (Å²) < 4.78 is 0. The third-order valence-corrected chi connectivity index (χ3v) is 4.00. The van der Waals surface area contributed by atoms with Crippen LogP contribution in [0.1, 0.15) is 31.2 Å². The van der Waals surface area contributed by atoms with E-state index in [-0.39, 0.29) is 12.4 Å². The Morgan fingerprint density at radius 1 is 1.05 bits per heavy atom. The van der Waals surface area contributed by atoms with E-state index < -0.39 is 0 Å². The van der Waals surface area contributed by atoms with Crippen LogP contribution in [0.4, 0.5) is 0 Å². The fourth-order valence-corrected chi connectivity index (χ4v) is 2.97. The standard InChI is InChI=1S/C16H26N2.ClH/c17-11-13-18(14-16-8-4-5-9-16)12-10-15-6-2-1-3-7-15;/h1-3,6-7,16H,4-5,8-14,17H2;1H. The van der Waals surface area contributed by atoms with Gasteiger partial charge in [-0.3, -0.25) is 0 Å². The van der Waals surface area contributed by atoms with Crippen LogP contribution in [0.2, 0.25) is 0 Å². The van der Waals surface area contributed by atoms with Crippen LogP contribution in [0.15, 0.2) is 30.3 Å². The van der Waals surface area contributed by atoms with Gasteiger partial charge in [0.2, 0.25) is 0 Å². The minimum absolute atomic E-state index is 0. The molecule has 0 unspecified atom stereocenters. The smallest absolute Gasteiger partial charge is 0.0105 e. The molecule has 0 saturated heterocycles. The minimum Gasteiger partial charge on any atom is -0.329 e. The van der Waals surface area contributed by atoms with Gasteiger partial charge < -0.3 is 10.6 Å². The SMILES string of the molecule is Cl.NCCN(CCc1ccccc1)CC1CCCC1. The lowest BCUT2D eigenvalue weighted by Crippen LogP contribution is -2.35. The zero-order chi connectivity index (χ0) is 12.6. The quantitative estimate of drug-likeness (QED) is 0.833. The summed E-state index contributed by atoms with van der Waals surface area (Å²) in [6.45, 7) is 4.23. The molecule has 0 bridgehead atoms. The van der Waals surface area contributed by atoms with Crippen LogP contribution in [0.5, 0.6) is 0 Å². The van der Waals surface area contributed by atoms with Gasteiger partial charge in [0.05, 0.1) is 0 Å². The first-order chi connectivity index (χ1) is 8.88. The van der Waals surface area contributed by atoms with E-state index in [1.807, 2.05) is 0 Å². The summed E-state index contributed by atoms with van der Waals surface area (Å²) in [5, 5.41) is 0. The third kappa shape index (κ3) is 5.94. The van der Waals surface area contributed by atoms with E-state index in [0.717, 1.165) is 32.0 Å². The summed E-state index contributed by atoms with van der Waals surface area (Å²) in [6.07, 6.45) is 6.85. The van der Waals surface area contributed by atoms with Gasteiger partial charge in [-0.1, -0.05) is 43.2 Å². The van der Waals surface area contributed by atoms with Crippen molar-refractivity contribution in [3.63, 3.8) is 0 Å². The van der Waals surface area contributed by atoms with Crippen LogP contribution in [-0.2, 0) is 6.42 Å². The molecular weight excluding hydrogens is 256 g/mol. The summed E-state index contributed by atoms with van der Waals surface area (Å²) in [4.78, 5) is 2.56. The normalized spacial score (nSPS) is 15.7. The lowest BCUT2D eigenvalue weighted by atomic mass is 10.1. The molecule has 1 aliphatic rings. The Labute approximate surface area is 123 Å². The Morgan fingerprint density at radius 3 is 2.37 bits per heavy atom. The van der Waals surface area contributed by atoms with Crippen molar-refractivity contribution >= 4 is 12.4 Å². The zero-order valence-electron chi connectivity index (χ0n) is 11.8. The number of hydrogen-bond acceptors (Lipinski definition) is 2. The summed E-state index contributed by atoms with van der Waals surface area (Å²) in [5.41, 5.74) is 7.17. The molecule has 19 heavy (non-hydrogen) atoms. The van der Waals surface area contributed by atoms with Crippen molar-refractivity contribution in [2.24, 2.45) is 11.7 Å². The number of hydrogen-bond donors (Lipinski definition) is 1. The molecule has 0 heterocycles. The summed E-state index contributed by atoms with van der Waals surface area (Å²) in [5.74, 6) is 0.923. The molecule has 0 amide bonds. The van der Waals surface area contributed by atoms with Crippen molar-refractivity contribution in [2.75, 3.05) is 26.2 Å². The molecule has 3 heteroatoms. The number of rotatable bonds is 7. The highest BCUT2D eigenvalue weighted by Crippen LogP contribution is 2.25.